The molecule has 0 unspecified atom stereocenters. The lowest BCUT2D eigenvalue weighted by atomic mass is 10.0. The first kappa shape index (κ1) is 15.1. The number of ether oxygens (including phenoxy) is 1. The molecule has 0 aliphatic carbocycles. The molecule has 3 aromatic carbocycles. The number of para-hydroxylation sites is 1. The van der Waals surface area contributed by atoms with Crippen LogP contribution in [0, 0.1) is 0 Å². The number of fused-ring (bicyclic) bond motifs is 1. The second-order valence-electron chi connectivity index (χ2n) is 5.50. The summed E-state index contributed by atoms with van der Waals surface area (Å²) in [5.41, 5.74) is 1.08. The van der Waals surface area contributed by atoms with Crippen LogP contribution in [0.3, 0.4) is 0 Å². The second kappa shape index (κ2) is 6.97. The van der Waals surface area contributed by atoms with E-state index in [1.54, 1.807) is 0 Å². The van der Waals surface area contributed by atoms with Crippen molar-refractivity contribution in [3.8, 4) is 5.75 Å². The highest BCUT2D eigenvalue weighted by Gasteiger charge is 2.10. The van der Waals surface area contributed by atoms with Crippen molar-refractivity contribution in [2.24, 2.45) is 0 Å². The van der Waals surface area contributed by atoms with Gasteiger partial charge in [0.25, 0.3) is 5.91 Å². The summed E-state index contributed by atoms with van der Waals surface area (Å²) in [5.74, 6) is 0.565. The summed E-state index contributed by atoms with van der Waals surface area (Å²) in [5, 5.41) is 5.34. The minimum absolute atomic E-state index is 0.0158. The molecule has 3 heteroatoms. The third-order valence-corrected chi connectivity index (χ3v) is 3.76. The number of carbonyl (C=O) groups excluding carboxylic acids is 1. The Balaban J connectivity index is 1.61. The Kier molecular flexibility index (Phi) is 4.57. The SMILES string of the molecule is C[C@H](NC(=O)COc1ccccc1)c1ccc2ccccc2c1. The highest BCUT2D eigenvalue weighted by Crippen LogP contribution is 2.20. The summed E-state index contributed by atoms with van der Waals surface area (Å²) in [6.07, 6.45) is 0. The maximum Gasteiger partial charge on any atom is 0.258 e. The van der Waals surface area contributed by atoms with Crippen LogP contribution in [0.15, 0.2) is 72.8 Å². The van der Waals surface area contributed by atoms with Gasteiger partial charge < -0.3 is 10.1 Å². The smallest absolute Gasteiger partial charge is 0.258 e. The Hall–Kier alpha value is -2.81. The molecule has 3 aromatic rings. The van der Waals surface area contributed by atoms with Gasteiger partial charge in [-0.05, 0) is 41.5 Å². The van der Waals surface area contributed by atoms with Gasteiger partial charge in [0.15, 0.2) is 6.61 Å². The quantitative estimate of drug-likeness (QED) is 0.771. The first-order valence-electron chi connectivity index (χ1n) is 7.68. The van der Waals surface area contributed by atoms with E-state index >= 15 is 0 Å². The summed E-state index contributed by atoms with van der Waals surface area (Å²) < 4.78 is 5.46. The van der Waals surface area contributed by atoms with E-state index < -0.39 is 0 Å². The molecule has 3 nitrogen and oxygen atoms in total. The zero-order valence-corrected chi connectivity index (χ0v) is 13.0. The molecule has 0 fully saturated rings. The molecule has 0 aromatic heterocycles. The molecule has 1 amide bonds. The second-order valence-corrected chi connectivity index (χ2v) is 5.50. The summed E-state index contributed by atoms with van der Waals surface area (Å²) in [7, 11) is 0. The van der Waals surface area contributed by atoms with Gasteiger partial charge in [0, 0.05) is 0 Å². The van der Waals surface area contributed by atoms with Gasteiger partial charge in [-0.2, -0.15) is 0 Å². The molecular formula is C20H19NO2. The van der Waals surface area contributed by atoms with Crippen LogP contribution in [-0.4, -0.2) is 12.5 Å². The van der Waals surface area contributed by atoms with Gasteiger partial charge in [0.2, 0.25) is 0 Å². The van der Waals surface area contributed by atoms with Crippen molar-refractivity contribution >= 4 is 16.7 Å². The topological polar surface area (TPSA) is 38.3 Å². The van der Waals surface area contributed by atoms with Crippen LogP contribution in [-0.2, 0) is 4.79 Å². The Labute approximate surface area is 135 Å². The summed E-state index contributed by atoms with van der Waals surface area (Å²) in [4.78, 5) is 12.0. The van der Waals surface area contributed by atoms with Gasteiger partial charge in [0.05, 0.1) is 6.04 Å². The molecule has 0 heterocycles. The van der Waals surface area contributed by atoms with Gasteiger partial charge in [0.1, 0.15) is 5.75 Å². The zero-order chi connectivity index (χ0) is 16.1. The van der Waals surface area contributed by atoms with E-state index in [2.05, 4.69) is 29.6 Å². The molecule has 1 N–H and O–H groups in total. The minimum Gasteiger partial charge on any atom is -0.484 e. The van der Waals surface area contributed by atoms with Crippen molar-refractivity contribution in [3.05, 3.63) is 78.4 Å². The van der Waals surface area contributed by atoms with Crippen molar-refractivity contribution in [3.63, 3.8) is 0 Å². The van der Waals surface area contributed by atoms with Crippen molar-refractivity contribution in [1.29, 1.82) is 0 Å². The fraction of sp³-hybridized carbons (Fsp3) is 0.150. The number of carbonyl (C=O) groups is 1. The standard InChI is InChI=1S/C20H19NO2/c1-15(17-12-11-16-7-5-6-8-18(16)13-17)21-20(22)14-23-19-9-3-2-4-10-19/h2-13,15H,14H2,1H3,(H,21,22)/t15-/m0/s1. The number of amides is 1. The lowest BCUT2D eigenvalue weighted by molar-refractivity contribution is -0.123. The normalized spacial score (nSPS) is 11.9. The summed E-state index contributed by atoms with van der Waals surface area (Å²) in [6.45, 7) is 1.99. The van der Waals surface area contributed by atoms with E-state index in [4.69, 9.17) is 4.74 Å². The third kappa shape index (κ3) is 3.89. The average Bonchev–Trinajstić information content (AvgIpc) is 2.60. The third-order valence-electron chi connectivity index (χ3n) is 3.76. The molecule has 0 aliphatic heterocycles. The van der Waals surface area contributed by atoms with Gasteiger partial charge >= 0.3 is 0 Å². The first-order chi connectivity index (χ1) is 11.2. The van der Waals surface area contributed by atoms with Crippen LogP contribution >= 0.6 is 0 Å². The fourth-order valence-electron chi connectivity index (χ4n) is 2.51. The average molecular weight is 305 g/mol. The van der Waals surface area contributed by atoms with Crippen molar-refractivity contribution < 1.29 is 9.53 Å². The van der Waals surface area contributed by atoms with Crippen LogP contribution in [0.2, 0.25) is 0 Å². The maximum absolute atomic E-state index is 12.0. The molecule has 116 valence electrons. The van der Waals surface area contributed by atoms with Crippen LogP contribution in [0.1, 0.15) is 18.5 Å². The van der Waals surface area contributed by atoms with E-state index in [1.165, 1.54) is 10.8 Å². The number of benzene rings is 3. The van der Waals surface area contributed by atoms with Crippen LogP contribution < -0.4 is 10.1 Å². The monoisotopic (exact) mass is 305 g/mol. The van der Waals surface area contributed by atoms with Gasteiger partial charge in [-0.3, -0.25) is 4.79 Å². The van der Waals surface area contributed by atoms with Gasteiger partial charge in [-0.1, -0.05) is 54.6 Å². The Morgan fingerprint density at radius 1 is 0.957 bits per heavy atom. The molecule has 0 radical (unpaired) electrons. The van der Waals surface area contributed by atoms with Gasteiger partial charge in [-0.25, -0.2) is 0 Å². The molecule has 3 rings (SSSR count). The Morgan fingerprint density at radius 3 is 2.43 bits per heavy atom. The van der Waals surface area contributed by atoms with Crippen molar-refractivity contribution in [2.45, 2.75) is 13.0 Å². The Morgan fingerprint density at radius 2 is 1.65 bits per heavy atom. The summed E-state index contributed by atoms with van der Waals surface area (Å²) in [6, 6.07) is 23.7. The van der Waals surface area contributed by atoms with Crippen LogP contribution in [0.5, 0.6) is 5.75 Å². The van der Waals surface area contributed by atoms with Crippen LogP contribution in [0.25, 0.3) is 10.8 Å². The fourth-order valence-corrected chi connectivity index (χ4v) is 2.51. The number of nitrogens with one attached hydrogen (secondary N) is 1. The molecule has 0 spiro atoms. The lowest BCUT2D eigenvalue weighted by Crippen LogP contribution is -2.31. The van der Waals surface area contributed by atoms with E-state index in [9.17, 15) is 4.79 Å². The predicted octanol–water partition coefficient (Wildman–Crippen LogP) is 4.10. The maximum atomic E-state index is 12.0. The Bertz CT molecular complexity index is 799. The highest BCUT2D eigenvalue weighted by atomic mass is 16.5. The van der Waals surface area contributed by atoms with E-state index in [0.29, 0.717) is 5.75 Å². The molecule has 0 saturated carbocycles. The van der Waals surface area contributed by atoms with Gasteiger partial charge in [-0.15, -0.1) is 0 Å². The number of rotatable bonds is 5. The molecule has 0 saturated heterocycles. The summed E-state index contributed by atoms with van der Waals surface area (Å²) >= 11 is 0. The van der Waals surface area contributed by atoms with E-state index in [0.717, 1.165) is 5.56 Å². The first-order valence-corrected chi connectivity index (χ1v) is 7.68. The van der Waals surface area contributed by atoms with E-state index in [-0.39, 0.29) is 18.6 Å². The van der Waals surface area contributed by atoms with Crippen LogP contribution in [0.4, 0.5) is 0 Å². The molecular weight excluding hydrogens is 286 g/mol. The van der Waals surface area contributed by atoms with E-state index in [1.807, 2.05) is 55.5 Å². The number of hydrogen-bond donors (Lipinski definition) is 1. The van der Waals surface area contributed by atoms with Crippen molar-refractivity contribution in [2.75, 3.05) is 6.61 Å². The zero-order valence-electron chi connectivity index (χ0n) is 13.0. The highest BCUT2D eigenvalue weighted by molar-refractivity contribution is 5.83. The molecule has 0 bridgehead atoms. The molecule has 0 aliphatic rings. The minimum atomic E-state index is -0.130. The number of hydrogen-bond acceptors (Lipinski definition) is 2. The largest absolute Gasteiger partial charge is 0.484 e. The van der Waals surface area contributed by atoms with Crippen molar-refractivity contribution in [1.82, 2.24) is 5.32 Å². The molecule has 1 atom stereocenters. The predicted molar refractivity (Wildman–Crippen MR) is 92.4 cm³/mol. The lowest BCUT2D eigenvalue weighted by Gasteiger charge is -2.15. The molecule has 23 heavy (non-hydrogen) atoms.